The summed E-state index contributed by atoms with van der Waals surface area (Å²) in [7, 11) is 2.26. The van der Waals surface area contributed by atoms with Crippen molar-refractivity contribution in [3.63, 3.8) is 0 Å². The lowest BCUT2D eigenvalue weighted by atomic mass is 9.63. The van der Waals surface area contributed by atoms with Crippen molar-refractivity contribution in [3.05, 3.63) is 54.0 Å². The first-order chi connectivity index (χ1) is 12.6. The van der Waals surface area contributed by atoms with Gasteiger partial charge in [-0.3, -0.25) is 0 Å². The van der Waals surface area contributed by atoms with E-state index in [2.05, 4.69) is 91.7 Å². The van der Waals surface area contributed by atoms with Crippen LogP contribution in [0.5, 0.6) is 0 Å². The Bertz CT molecular complexity index is 798. The van der Waals surface area contributed by atoms with Crippen LogP contribution in [0.15, 0.2) is 42.9 Å². The minimum Gasteiger partial charge on any atom is -0.151 e. The second-order valence-electron chi connectivity index (χ2n) is 9.83. The van der Waals surface area contributed by atoms with Gasteiger partial charge in [-0.15, -0.1) is 12.6 Å². The number of hydrogen-bond donors (Lipinski definition) is 0. The lowest BCUT2D eigenvalue weighted by Crippen LogP contribution is -2.33. The third-order valence-corrected chi connectivity index (χ3v) is 7.54. The molecule has 1 aliphatic rings. The molecule has 1 unspecified atom stereocenters. The highest BCUT2D eigenvalue weighted by Gasteiger charge is 2.37. The molecule has 1 heterocycles. The van der Waals surface area contributed by atoms with Gasteiger partial charge in [-0.1, -0.05) is 53.7 Å². The summed E-state index contributed by atoms with van der Waals surface area (Å²) in [6, 6.07) is 7.30. The zero-order valence-electron chi connectivity index (χ0n) is 17.9. The highest BCUT2D eigenvalue weighted by molar-refractivity contribution is 7.27. The van der Waals surface area contributed by atoms with E-state index in [-0.39, 0.29) is 10.8 Å². The van der Waals surface area contributed by atoms with Crippen molar-refractivity contribution in [1.29, 1.82) is 0 Å². The van der Waals surface area contributed by atoms with E-state index in [1.165, 1.54) is 27.7 Å². The molecule has 0 saturated carbocycles. The van der Waals surface area contributed by atoms with E-state index in [1.807, 2.05) is 11.3 Å². The molecule has 0 amide bonds. The van der Waals surface area contributed by atoms with Crippen LogP contribution in [-0.4, -0.2) is 7.28 Å². The van der Waals surface area contributed by atoms with E-state index in [1.54, 1.807) is 11.1 Å². The first-order valence-corrected chi connectivity index (χ1v) is 11.2. The van der Waals surface area contributed by atoms with Crippen molar-refractivity contribution in [3.8, 4) is 0 Å². The zero-order valence-corrected chi connectivity index (χ0v) is 18.7. The van der Waals surface area contributed by atoms with Crippen molar-refractivity contribution in [2.45, 2.75) is 71.6 Å². The fraction of sp³-hybridized carbons (Fsp3) is 0.520. The molecular formula is C25H34BS. The topological polar surface area (TPSA) is 0 Å². The normalized spacial score (nSPS) is 19.4. The minimum atomic E-state index is 0.279. The smallest absolute Gasteiger partial charge is 0.151 e. The first-order valence-electron chi connectivity index (χ1n) is 10.3. The van der Waals surface area contributed by atoms with Crippen LogP contribution in [0.4, 0.5) is 0 Å². The highest BCUT2D eigenvalue weighted by Crippen LogP contribution is 2.47. The Morgan fingerprint density at radius 3 is 2.30 bits per heavy atom. The van der Waals surface area contributed by atoms with Gasteiger partial charge >= 0.3 is 0 Å². The van der Waals surface area contributed by atoms with Crippen molar-refractivity contribution in [2.75, 3.05) is 0 Å². The molecule has 27 heavy (non-hydrogen) atoms. The summed E-state index contributed by atoms with van der Waals surface area (Å²) in [4.78, 5) is 0. The quantitative estimate of drug-likeness (QED) is 0.378. The van der Waals surface area contributed by atoms with Gasteiger partial charge in [-0.2, -0.15) is 11.3 Å². The standard InChI is InChI=1S/C25H34BS/c1-8-18(17(2)3)10-9-13-26-23-15-19-14-20-21(16-22(19)27-23)25(6,7)12-11-24(20,4)5/h8-9,13-18H,1,10-12H2,2-7H3/b13-9+. The molecule has 0 spiro atoms. The van der Waals surface area contributed by atoms with Gasteiger partial charge in [-0.25, -0.2) is 0 Å². The van der Waals surface area contributed by atoms with E-state index in [4.69, 9.17) is 0 Å². The maximum atomic E-state index is 3.97. The molecule has 0 saturated heterocycles. The number of hydrogen-bond acceptors (Lipinski definition) is 1. The molecule has 3 rings (SSSR count). The number of fused-ring (bicyclic) bond motifs is 2. The first kappa shape index (κ1) is 20.5. The number of allylic oxidation sites excluding steroid dienone is 2. The highest BCUT2D eigenvalue weighted by atomic mass is 32.1. The zero-order chi connectivity index (χ0) is 19.8. The van der Waals surface area contributed by atoms with Crippen molar-refractivity contribution in [2.24, 2.45) is 11.8 Å². The van der Waals surface area contributed by atoms with Gasteiger partial charge in [0, 0.05) is 4.70 Å². The Morgan fingerprint density at radius 1 is 1.07 bits per heavy atom. The Hall–Kier alpha value is -1.28. The van der Waals surface area contributed by atoms with Crippen molar-refractivity contribution >= 4 is 33.5 Å². The van der Waals surface area contributed by atoms with E-state index in [0.29, 0.717) is 11.8 Å². The second kappa shape index (κ2) is 7.62. The predicted octanol–water partition coefficient (Wildman–Crippen LogP) is 6.94. The van der Waals surface area contributed by atoms with Gasteiger partial charge in [0.1, 0.15) is 0 Å². The number of benzene rings is 1. The van der Waals surface area contributed by atoms with E-state index < -0.39 is 0 Å². The number of thiophene rings is 1. The molecule has 1 aromatic heterocycles. The summed E-state index contributed by atoms with van der Waals surface area (Å²) in [5.74, 6) is 3.43. The van der Waals surface area contributed by atoms with Crippen molar-refractivity contribution < 1.29 is 0 Å². The number of rotatable bonds is 6. The van der Waals surface area contributed by atoms with Gasteiger partial charge in [0.15, 0.2) is 7.28 Å². The summed E-state index contributed by atoms with van der Waals surface area (Å²) in [6.07, 6.45) is 7.98. The Kier molecular flexibility index (Phi) is 5.78. The third kappa shape index (κ3) is 4.26. The SMILES string of the molecule is C=CC(C/C=C/[B]c1cc2cc3c(cc2s1)C(C)(C)CCC3(C)C)C(C)C. The molecule has 0 bridgehead atoms. The largest absolute Gasteiger partial charge is 0.194 e. The fourth-order valence-corrected chi connectivity index (χ4v) is 5.24. The lowest BCUT2D eigenvalue weighted by molar-refractivity contribution is 0.332. The van der Waals surface area contributed by atoms with E-state index in [0.717, 1.165) is 6.42 Å². The van der Waals surface area contributed by atoms with Crippen LogP contribution >= 0.6 is 11.3 Å². The maximum Gasteiger partial charge on any atom is 0.194 e. The molecule has 2 aromatic rings. The van der Waals surface area contributed by atoms with Gasteiger partial charge in [0.2, 0.25) is 0 Å². The van der Waals surface area contributed by atoms with E-state index in [9.17, 15) is 0 Å². The average Bonchev–Trinajstić information content (AvgIpc) is 2.99. The fourth-order valence-electron chi connectivity index (χ4n) is 4.24. The van der Waals surface area contributed by atoms with E-state index >= 15 is 0 Å². The van der Waals surface area contributed by atoms with Crippen molar-refractivity contribution in [1.82, 2.24) is 0 Å². The summed E-state index contributed by atoms with van der Waals surface area (Å²) in [5.41, 5.74) is 3.67. The molecule has 2 heteroatoms. The summed E-state index contributed by atoms with van der Waals surface area (Å²) >= 11 is 1.91. The van der Waals surface area contributed by atoms with Gasteiger partial charge < -0.3 is 0 Å². The van der Waals surface area contributed by atoms with Crippen LogP contribution in [0.3, 0.4) is 0 Å². The summed E-state index contributed by atoms with van der Waals surface area (Å²) < 4.78 is 2.77. The molecular weight excluding hydrogens is 343 g/mol. The van der Waals surface area contributed by atoms with Gasteiger partial charge in [0.25, 0.3) is 0 Å². The molecule has 0 fully saturated rings. The van der Waals surface area contributed by atoms with Gasteiger partial charge in [0.05, 0.1) is 0 Å². The van der Waals surface area contributed by atoms with Crippen LogP contribution in [0.25, 0.3) is 10.1 Å². The van der Waals surface area contributed by atoms with Gasteiger partial charge in [-0.05, 0) is 81.4 Å². The molecule has 0 aliphatic heterocycles. The Labute approximate surface area is 171 Å². The lowest BCUT2D eigenvalue weighted by Gasteiger charge is -2.41. The molecule has 1 aliphatic carbocycles. The molecule has 0 N–H and O–H groups in total. The van der Waals surface area contributed by atoms with Crippen LogP contribution in [0, 0.1) is 11.8 Å². The second-order valence-corrected chi connectivity index (χ2v) is 10.9. The minimum absolute atomic E-state index is 0.279. The molecule has 1 atom stereocenters. The maximum absolute atomic E-state index is 3.97. The molecule has 1 aromatic carbocycles. The predicted molar refractivity (Wildman–Crippen MR) is 125 cm³/mol. The average molecular weight is 377 g/mol. The molecule has 1 radical (unpaired) electrons. The van der Waals surface area contributed by atoms with Crippen LogP contribution in [0.1, 0.15) is 71.9 Å². The summed E-state index contributed by atoms with van der Waals surface area (Å²) in [5, 5.41) is 1.40. The Balaban J connectivity index is 1.83. The van der Waals surface area contributed by atoms with Crippen LogP contribution in [-0.2, 0) is 10.8 Å². The van der Waals surface area contributed by atoms with Crippen LogP contribution < -0.4 is 4.78 Å². The Morgan fingerprint density at radius 2 is 1.70 bits per heavy atom. The van der Waals surface area contributed by atoms with Crippen LogP contribution in [0.2, 0.25) is 0 Å². The summed E-state index contributed by atoms with van der Waals surface area (Å²) in [6.45, 7) is 18.1. The molecule has 0 nitrogen and oxygen atoms in total. The monoisotopic (exact) mass is 377 g/mol. The molecule has 143 valence electrons. The third-order valence-electron chi connectivity index (χ3n) is 6.47.